The number of rotatable bonds is 4. The zero-order valence-electron chi connectivity index (χ0n) is 19.2. The quantitative estimate of drug-likeness (QED) is 0.415. The van der Waals surface area contributed by atoms with Gasteiger partial charge in [-0.3, -0.25) is 9.80 Å². The second-order valence-corrected chi connectivity index (χ2v) is 8.35. The maximum Gasteiger partial charge on any atom is 0.490 e. The Morgan fingerprint density at radius 2 is 1.92 bits per heavy atom. The van der Waals surface area contributed by atoms with Gasteiger partial charge in [0.2, 0.25) is 0 Å². The highest BCUT2D eigenvalue weighted by Gasteiger charge is 2.38. The van der Waals surface area contributed by atoms with Crippen molar-refractivity contribution in [3.05, 3.63) is 78.3 Å². The Morgan fingerprint density at radius 3 is 2.58 bits per heavy atom. The molecular formula is C24H23F4N5O3. The molecular weight excluding hydrogens is 482 g/mol. The largest absolute Gasteiger partial charge is 0.490 e. The van der Waals surface area contributed by atoms with Crippen LogP contribution in [-0.2, 0) is 11.3 Å². The van der Waals surface area contributed by atoms with Gasteiger partial charge in [-0.25, -0.2) is 13.7 Å². The number of hydrogen-bond acceptors (Lipinski definition) is 6. The average molecular weight is 505 g/mol. The maximum absolute atomic E-state index is 13.6. The van der Waals surface area contributed by atoms with Crippen LogP contribution in [0.25, 0.3) is 16.6 Å². The van der Waals surface area contributed by atoms with Crippen LogP contribution in [0.5, 0.6) is 0 Å². The first-order chi connectivity index (χ1) is 17.1. The fourth-order valence-electron chi connectivity index (χ4n) is 3.98. The Morgan fingerprint density at radius 1 is 1.14 bits per heavy atom. The molecule has 0 amide bonds. The molecule has 190 valence electrons. The van der Waals surface area contributed by atoms with Gasteiger partial charge in [0, 0.05) is 31.4 Å². The number of carboxylic acid groups (broad SMARTS) is 1. The van der Waals surface area contributed by atoms with Crippen molar-refractivity contribution >= 4 is 11.5 Å². The first kappa shape index (κ1) is 25.3. The number of piperazine rings is 1. The number of hydrogen-bond donors (Lipinski definition) is 1. The number of furan rings is 1. The zero-order chi connectivity index (χ0) is 25.9. The smallest absolute Gasteiger partial charge is 0.475 e. The molecule has 1 unspecified atom stereocenters. The van der Waals surface area contributed by atoms with Crippen molar-refractivity contribution in [2.75, 3.05) is 26.7 Å². The van der Waals surface area contributed by atoms with Crippen LogP contribution in [0.1, 0.15) is 17.5 Å². The summed E-state index contributed by atoms with van der Waals surface area (Å²) in [5, 5.41) is 16.0. The van der Waals surface area contributed by atoms with Gasteiger partial charge in [-0.2, -0.15) is 13.2 Å². The minimum Gasteiger partial charge on any atom is -0.475 e. The molecule has 4 heterocycles. The summed E-state index contributed by atoms with van der Waals surface area (Å²) in [4.78, 5) is 13.6. The molecule has 0 aliphatic carbocycles. The minimum absolute atomic E-state index is 0.149. The molecule has 5 rings (SSSR count). The number of nitrogens with zero attached hydrogens (tertiary/aromatic N) is 5. The highest BCUT2D eigenvalue weighted by atomic mass is 19.4. The molecule has 0 spiro atoms. The lowest BCUT2D eigenvalue weighted by atomic mass is 10.1. The van der Waals surface area contributed by atoms with Crippen LogP contribution in [0.2, 0.25) is 0 Å². The molecule has 1 aromatic carbocycles. The van der Waals surface area contributed by atoms with Crippen LogP contribution in [-0.4, -0.2) is 68.6 Å². The molecule has 3 aromatic heterocycles. The van der Waals surface area contributed by atoms with Gasteiger partial charge in [-0.15, -0.1) is 5.10 Å². The zero-order valence-corrected chi connectivity index (χ0v) is 19.2. The number of halogens is 4. The standard InChI is InChI=1S/C22H22FN5O.C2HF3O2/c1-26-9-10-27(14-19-6-3-11-29-19)15-21(26)22-20-8-7-17(13-28(20)25-24-22)16-4-2-5-18(23)12-16;3-2(4,5)1(6)7/h2-8,11-13,21H,9-10,14-15H2,1H3;(H,6,7). The van der Waals surface area contributed by atoms with Crippen molar-refractivity contribution in [3.63, 3.8) is 0 Å². The van der Waals surface area contributed by atoms with Crippen LogP contribution >= 0.6 is 0 Å². The Hall–Kier alpha value is -3.77. The molecule has 1 fully saturated rings. The Labute approximate surface area is 203 Å². The number of carbonyl (C=O) groups is 1. The van der Waals surface area contributed by atoms with Crippen LogP contribution in [0.3, 0.4) is 0 Å². The molecule has 36 heavy (non-hydrogen) atoms. The Kier molecular flexibility index (Phi) is 7.36. The lowest BCUT2D eigenvalue weighted by Gasteiger charge is -2.38. The van der Waals surface area contributed by atoms with Gasteiger partial charge in [0.25, 0.3) is 0 Å². The number of alkyl halides is 3. The second kappa shape index (κ2) is 10.5. The SMILES string of the molecule is CN1CCN(Cc2ccco2)CC1c1nnn2cc(-c3cccc(F)c3)ccc12.O=C(O)C(F)(F)F. The van der Waals surface area contributed by atoms with E-state index in [1.165, 1.54) is 12.1 Å². The highest BCUT2D eigenvalue weighted by molar-refractivity contribution is 5.73. The number of benzene rings is 1. The molecule has 0 saturated carbocycles. The van der Waals surface area contributed by atoms with E-state index < -0.39 is 12.1 Å². The topological polar surface area (TPSA) is 87.1 Å². The lowest BCUT2D eigenvalue weighted by Crippen LogP contribution is -2.46. The van der Waals surface area contributed by atoms with E-state index in [1.54, 1.807) is 16.8 Å². The van der Waals surface area contributed by atoms with E-state index in [2.05, 4.69) is 27.2 Å². The third-order valence-corrected chi connectivity index (χ3v) is 5.85. The monoisotopic (exact) mass is 505 g/mol. The van der Waals surface area contributed by atoms with E-state index >= 15 is 0 Å². The highest BCUT2D eigenvalue weighted by Crippen LogP contribution is 2.28. The minimum atomic E-state index is -5.08. The van der Waals surface area contributed by atoms with Gasteiger partial charge in [0.05, 0.1) is 24.4 Å². The molecule has 0 bridgehead atoms. The summed E-state index contributed by atoms with van der Waals surface area (Å²) in [5.74, 6) is -2.03. The summed E-state index contributed by atoms with van der Waals surface area (Å²) in [6, 6.07) is 14.7. The third-order valence-electron chi connectivity index (χ3n) is 5.85. The number of aromatic nitrogens is 3. The van der Waals surface area contributed by atoms with Gasteiger partial charge in [0.1, 0.15) is 17.3 Å². The summed E-state index contributed by atoms with van der Waals surface area (Å²) in [6.45, 7) is 3.58. The molecule has 0 radical (unpaired) electrons. The van der Waals surface area contributed by atoms with Crippen LogP contribution < -0.4 is 0 Å². The summed E-state index contributed by atoms with van der Waals surface area (Å²) < 4.78 is 52.6. The number of likely N-dealkylation sites (N-methyl/N-ethyl adjacent to an activating group) is 1. The Bertz CT molecular complexity index is 1320. The predicted molar refractivity (Wildman–Crippen MR) is 121 cm³/mol. The van der Waals surface area contributed by atoms with Crippen LogP contribution in [0.4, 0.5) is 17.6 Å². The van der Waals surface area contributed by atoms with Crippen LogP contribution in [0.15, 0.2) is 65.4 Å². The van der Waals surface area contributed by atoms with E-state index in [0.717, 1.165) is 54.3 Å². The number of pyridine rings is 1. The van der Waals surface area contributed by atoms with E-state index in [0.29, 0.717) is 0 Å². The van der Waals surface area contributed by atoms with Gasteiger partial charge in [0.15, 0.2) is 0 Å². The third kappa shape index (κ3) is 5.89. The number of fused-ring (bicyclic) bond motifs is 1. The maximum atomic E-state index is 13.6. The Balaban J connectivity index is 0.000000384. The molecule has 1 aliphatic heterocycles. The molecule has 1 aliphatic rings. The summed E-state index contributed by atoms with van der Waals surface area (Å²) >= 11 is 0. The van der Waals surface area contributed by atoms with Crippen LogP contribution in [0, 0.1) is 5.82 Å². The van der Waals surface area contributed by atoms with Gasteiger partial charge < -0.3 is 9.52 Å². The molecule has 8 nitrogen and oxygen atoms in total. The number of carboxylic acids is 1. The van der Waals surface area contributed by atoms with E-state index in [1.807, 2.05) is 36.5 Å². The van der Waals surface area contributed by atoms with Crippen molar-refractivity contribution in [1.29, 1.82) is 0 Å². The predicted octanol–water partition coefficient (Wildman–Crippen LogP) is 4.25. The van der Waals surface area contributed by atoms with E-state index in [9.17, 15) is 17.6 Å². The summed E-state index contributed by atoms with van der Waals surface area (Å²) in [6.07, 6.45) is -1.46. The lowest BCUT2D eigenvalue weighted by molar-refractivity contribution is -0.192. The molecule has 1 saturated heterocycles. The summed E-state index contributed by atoms with van der Waals surface area (Å²) in [7, 11) is 2.13. The van der Waals surface area contributed by atoms with Crippen molar-refractivity contribution in [1.82, 2.24) is 24.6 Å². The van der Waals surface area contributed by atoms with Gasteiger partial charge in [-0.05, 0) is 42.9 Å². The van der Waals surface area contributed by atoms with Crippen molar-refractivity contribution in [3.8, 4) is 11.1 Å². The molecule has 1 N–H and O–H groups in total. The molecule has 12 heteroatoms. The van der Waals surface area contributed by atoms with Crippen molar-refractivity contribution in [2.45, 2.75) is 18.8 Å². The summed E-state index contributed by atoms with van der Waals surface area (Å²) in [5.41, 5.74) is 3.66. The van der Waals surface area contributed by atoms with Gasteiger partial charge >= 0.3 is 12.1 Å². The first-order valence-corrected chi connectivity index (χ1v) is 11.0. The fourth-order valence-corrected chi connectivity index (χ4v) is 3.98. The normalized spacial score (nSPS) is 17.1. The molecule has 4 aromatic rings. The fraction of sp³-hybridized carbons (Fsp3) is 0.292. The average Bonchev–Trinajstić information content (AvgIpc) is 3.49. The van der Waals surface area contributed by atoms with Crippen molar-refractivity contribution in [2.24, 2.45) is 0 Å². The first-order valence-electron chi connectivity index (χ1n) is 11.0. The molecule has 1 atom stereocenters. The van der Waals surface area contributed by atoms with E-state index in [-0.39, 0.29) is 11.9 Å². The number of aliphatic carboxylic acids is 1. The van der Waals surface area contributed by atoms with E-state index in [4.69, 9.17) is 14.3 Å². The van der Waals surface area contributed by atoms with Crippen molar-refractivity contribution < 1.29 is 31.9 Å². The second-order valence-electron chi connectivity index (χ2n) is 8.35. The van der Waals surface area contributed by atoms with Gasteiger partial charge in [-0.1, -0.05) is 23.4 Å².